The number of benzene rings is 3. The minimum Gasteiger partial charge on any atom is -0.497 e. The van der Waals surface area contributed by atoms with E-state index in [9.17, 15) is 9.59 Å². The highest BCUT2D eigenvalue weighted by molar-refractivity contribution is 5.78. The summed E-state index contributed by atoms with van der Waals surface area (Å²) in [7, 11) is 4.82. The molecule has 1 aromatic heterocycles. The molecule has 0 radical (unpaired) electrons. The van der Waals surface area contributed by atoms with Crippen LogP contribution in [0, 0.1) is 0 Å². The van der Waals surface area contributed by atoms with E-state index in [0.717, 1.165) is 17.5 Å². The van der Waals surface area contributed by atoms with Gasteiger partial charge in [0.25, 0.3) is 5.56 Å². The number of methoxy groups -OCH3 is 3. The Bertz CT molecular complexity index is 1510. The molecule has 0 bridgehead atoms. The fourth-order valence-corrected chi connectivity index (χ4v) is 4.81. The summed E-state index contributed by atoms with van der Waals surface area (Å²) in [5, 5.41) is 0. The normalized spacial score (nSPS) is 12.8. The molecule has 3 aromatic carbocycles. The average Bonchev–Trinajstić information content (AvgIpc) is 2.95. The minimum atomic E-state index is -0.225. The molecule has 0 unspecified atom stereocenters. The number of amides is 1. The highest BCUT2D eigenvalue weighted by Gasteiger charge is 2.23. The molecule has 1 aliphatic rings. The van der Waals surface area contributed by atoms with Gasteiger partial charge in [0.1, 0.15) is 11.4 Å². The molecule has 0 N–H and O–H groups in total. The van der Waals surface area contributed by atoms with Crippen LogP contribution in [0.2, 0.25) is 0 Å². The van der Waals surface area contributed by atoms with Crippen molar-refractivity contribution in [3.8, 4) is 22.9 Å². The van der Waals surface area contributed by atoms with Crippen LogP contribution >= 0.6 is 0 Å². The van der Waals surface area contributed by atoms with E-state index in [1.54, 1.807) is 25.9 Å². The van der Waals surface area contributed by atoms with Crippen molar-refractivity contribution in [1.82, 2.24) is 14.5 Å². The van der Waals surface area contributed by atoms with Gasteiger partial charge in [-0.1, -0.05) is 12.1 Å². The van der Waals surface area contributed by atoms with E-state index in [0.29, 0.717) is 52.8 Å². The fourth-order valence-electron chi connectivity index (χ4n) is 4.81. The third-order valence-electron chi connectivity index (χ3n) is 6.81. The number of aryl methyl sites for hydroxylation is 1. The van der Waals surface area contributed by atoms with Crippen molar-refractivity contribution in [2.75, 3.05) is 27.9 Å². The zero-order chi connectivity index (χ0) is 25.9. The molecule has 5 rings (SSSR count). The van der Waals surface area contributed by atoms with Gasteiger partial charge in [-0.15, -0.1) is 0 Å². The van der Waals surface area contributed by atoms with Crippen LogP contribution in [-0.2, 0) is 24.2 Å². The second-order valence-corrected chi connectivity index (χ2v) is 8.93. The molecule has 0 aliphatic carbocycles. The van der Waals surface area contributed by atoms with Gasteiger partial charge in [-0.05, 0) is 66.1 Å². The van der Waals surface area contributed by atoms with Crippen molar-refractivity contribution < 1.29 is 19.0 Å². The second kappa shape index (κ2) is 10.3. The maximum absolute atomic E-state index is 13.5. The fraction of sp³-hybridized carbons (Fsp3) is 0.276. The van der Waals surface area contributed by atoms with Crippen LogP contribution in [-0.4, -0.2) is 48.2 Å². The predicted molar refractivity (Wildman–Crippen MR) is 141 cm³/mol. The summed E-state index contributed by atoms with van der Waals surface area (Å²) in [6, 6.07) is 18.8. The monoisotopic (exact) mass is 499 g/mol. The molecule has 1 aliphatic heterocycles. The molecule has 0 atom stereocenters. The summed E-state index contributed by atoms with van der Waals surface area (Å²) in [5.41, 5.74) is 4.47. The molecule has 37 heavy (non-hydrogen) atoms. The molecule has 8 heteroatoms. The highest BCUT2D eigenvalue weighted by Crippen LogP contribution is 2.33. The topological polar surface area (TPSA) is 82.9 Å². The van der Waals surface area contributed by atoms with E-state index in [2.05, 4.69) is 4.98 Å². The van der Waals surface area contributed by atoms with E-state index in [-0.39, 0.29) is 24.3 Å². The predicted octanol–water partition coefficient (Wildman–Crippen LogP) is 3.93. The highest BCUT2D eigenvalue weighted by atomic mass is 16.5. The Labute approximate surface area is 215 Å². The number of carbonyl (C=O) groups excluding carboxylic acids is 1. The van der Waals surface area contributed by atoms with Gasteiger partial charge >= 0.3 is 0 Å². The second-order valence-electron chi connectivity index (χ2n) is 8.93. The Morgan fingerprint density at radius 3 is 2.32 bits per heavy atom. The number of aromatic nitrogens is 2. The zero-order valence-corrected chi connectivity index (χ0v) is 21.2. The summed E-state index contributed by atoms with van der Waals surface area (Å²) in [6.07, 6.45) is 1.19. The van der Waals surface area contributed by atoms with Crippen LogP contribution in [0.15, 0.2) is 65.5 Å². The number of nitrogens with zero attached hydrogens (tertiary/aromatic N) is 3. The SMILES string of the molecule is COc1ccc(-n2c(=O)c(CCC(=O)N3CCc4cc(OC)c(OC)cc4C3)nc3ccccc32)cc1. The quantitative estimate of drug-likeness (QED) is 0.383. The lowest BCUT2D eigenvalue weighted by molar-refractivity contribution is -0.132. The van der Waals surface area contributed by atoms with Gasteiger partial charge in [0, 0.05) is 31.6 Å². The van der Waals surface area contributed by atoms with Crippen molar-refractivity contribution >= 4 is 16.9 Å². The van der Waals surface area contributed by atoms with Gasteiger partial charge in [0.05, 0.1) is 32.4 Å². The molecule has 0 spiro atoms. The van der Waals surface area contributed by atoms with Crippen LogP contribution in [0.25, 0.3) is 16.7 Å². The molecule has 0 saturated carbocycles. The number of para-hydroxylation sites is 2. The van der Waals surface area contributed by atoms with Gasteiger partial charge in [-0.3, -0.25) is 14.2 Å². The lowest BCUT2D eigenvalue weighted by Crippen LogP contribution is -2.36. The van der Waals surface area contributed by atoms with Crippen LogP contribution in [0.5, 0.6) is 17.2 Å². The first-order valence-electron chi connectivity index (χ1n) is 12.2. The Morgan fingerprint density at radius 1 is 0.919 bits per heavy atom. The van der Waals surface area contributed by atoms with Crippen LogP contribution < -0.4 is 19.8 Å². The zero-order valence-electron chi connectivity index (χ0n) is 21.2. The van der Waals surface area contributed by atoms with E-state index >= 15 is 0 Å². The molecule has 2 heterocycles. The number of hydrogen-bond donors (Lipinski definition) is 0. The van der Waals surface area contributed by atoms with Crippen molar-refractivity contribution in [2.45, 2.75) is 25.8 Å². The molecule has 0 saturated heterocycles. The van der Waals surface area contributed by atoms with Crippen molar-refractivity contribution in [3.05, 3.63) is 87.8 Å². The first-order chi connectivity index (χ1) is 18.0. The summed E-state index contributed by atoms with van der Waals surface area (Å²) in [6.45, 7) is 1.11. The molecule has 4 aromatic rings. The van der Waals surface area contributed by atoms with Crippen LogP contribution in [0.1, 0.15) is 23.2 Å². The Morgan fingerprint density at radius 2 is 1.62 bits per heavy atom. The molecular weight excluding hydrogens is 470 g/mol. The molecular formula is C29H29N3O5. The first kappa shape index (κ1) is 24.4. The van der Waals surface area contributed by atoms with Crippen molar-refractivity contribution in [2.24, 2.45) is 0 Å². The Kier molecular flexibility index (Phi) is 6.81. The number of fused-ring (bicyclic) bond motifs is 2. The smallest absolute Gasteiger partial charge is 0.277 e. The third kappa shape index (κ3) is 4.74. The van der Waals surface area contributed by atoms with E-state index in [4.69, 9.17) is 14.2 Å². The largest absolute Gasteiger partial charge is 0.497 e. The minimum absolute atomic E-state index is 0.00853. The van der Waals surface area contributed by atoms with Gasteiger partial charge in [0.15, 0.2) is 11.5 Å². The summed E-state index contributed by atoms with van der Waals surface area (Å²) in [4.78, 5) is 33.2. The maximum Gasteiger partial charge on any atom is 0.277 e. The standard InChI is InChI=1S/C29H29N3O5/c1-35-22-10-8-21(9-11-22)32-25-7-5-4-6-23(25)30-24(29(32)34)12-13-28(33)31-15-14-19-16-26(36-2)27(37-3)17-20(19)18-31/h4-11,16-17H,12-15,18H2,1-3H3. The van der Waals surface area contributed by atoms with E-state index in [1.165, 1.54) is 0 Å². The van der Waals surface area contributed by atoms with Crippen LogP contribution in [0.3, 0.4) is 0 Å². The summed E-state index contributed by atoms with van der Waals surface area (Å²) >= 11 is 0. The third-order valence-corrected chi connectivity index (χ3v) is 6.81. The number of hydrogen-bond acceptors (Lipinski definition) is 6. The van der Waals surface area contributed by atoms with Gasteiger partial charge in [-0.25, -0.2) is 4.98 Å². The van der Waals surface area contributed by atoms with E-state index < -0.39 is 0 Å². The van der Waals surface area contributed by atoms with Crippen molar-refractivity contribution in [3.63, 3.8) is 0 Å². The molecule has 0 fully saturated rings. The number of rotatable bonds is 7. The van der Waals surface area contributed by atoms with Gasteiger partial charge in [0.2, 0.25) is 5.91 Å². The van der Waals surface area contributed by atoms with E-state index in [1.807, 2.05) is 65.6 Å². The summed E-state index contributed by atoms with van der Waals surface area (Å²) < 4.78 is 17.8. The Hall–Kier alpha value is -4.33. The molecule has 1 amide bonds. The van der Waals surface area contributed by atoms with Crippen molar-refractivity contribution in [1.29, 1.82) is 0 Å². The first-order valence-corrected chi connectivity index (χ1v) is 12.2. The number of ether oxygens (including phenoxy) is 3. The van der Waals surface area contributed by atoms with Gasteiger partial charge in [-0.2, -0.15) is 0 Å². The molecule has 190 valence electrons. The van der Waals surface area contributed by atoms with Gasteiger partial charge < -0.3 is 19.1 Å². The maximum atomic E-state index is 13.5. The molecule has 8 nitrogen and oxygen atoms in total. The number of carbonyl (C=O) groups is 1. The Balaban J connectivity index is 1.39. The lowest BCUT2D eigenvalue weighted by Gasteiger charge is -2.29. The average molecular weight is 500 g/mol. The summed E-state index contributed by atoms with van der Waals surface area (Å²) in [5.74, 6) is 2.04. The lowest BCUT2D eigenvalue weighted by atomic mass is 9.98. The van der Waals surface area contributed by atoms with Crippen LogP contribution in [0.4, 0.5) is 0 Å².